The van der Waals surface area contributed by atoms with Crippen LogP contribution in [0.5, 0.6) is 0 Å². The molecule has 2 heteroatoms. The van der Waals surface area contributed by atoms with Gasteiger partial charge >= 0.3 is 0 Å². The summed E-state index contributed by atoms with van der Waals surface area (Å²) in [5, 5.41) is 4.70. The Labute approximate surface area is 279 Å². The second-order valence-electron chi connectivity index (χ2n) is 12.2. The standard InChI is InChI=1S/C46H31NO/c1-4-12-32(13-5-1)33-22-25-38(26-23-33)47(37-16-8-3-9-17-37)39-27-28-40(42(31-39)34-14-6-2-7-15-34)36-21-20-35-24-29-45-46(43(35)30-36)41-18-10-11-19-44(41)48-45/h1-31H. The van der Waals surface area contributed by atoms with Crippen molar-refractivity contribution in [3.63, 3.8) is 0 Å². The topological polar surface area (TPSA) is 16.4 Å². The lowest BCUT2D eigenvalue weighted by molar-refractivity contribution is 0.669. The highest BCUT2D eigenvalue weighted by Gasteiger charge is 2.18. The van der Waals surface area contributed by atoms with Crippen LogP contribution in [0.3, 0.4) is 0 Å². The van der Waals surface area contributed by atoms with Crippen molar-refractivity contribution in [2.45, 2.75) is 0 Å². The second kappa shape index (κ2) is 11.8. The molecular weight excluding hydrogens is 583 g/mol. The summed E-state index contributed by atoms with van der Waals surface area (Å²) >= 11 is 0. The largest absolute Gasteiger partial charge is 0.456 e. The van der Waals surface area contributed by atoms with Gasteiger partial charge in [-0.25, -0.2) is 0 Å². The summed E-state index contributed by atoms with van der Waals surface area (Å²) in [4.78, 5) is 2.34. The highest BCUT2D eigenvalue weighted by Crippen LogP contribution is 2.43. The number of hydrogen-bond acceptors (Lipinski definition) is 2. The van der Waals surface area contributed by atoms with Crippen molar-refractivity contribution in [3.8, 4) is 33.4 Å². The first-order chi connectivity index (χ1) is 23.8. The molecule has 48 heavy (non-hydrogen) atoms. The molecule has 0 spiro atoms. The first-order valence-electron chi connectivity index (χ1n) is 16.3. The molecule has 0 saturated carbocycles. The Hall–Kier alpha value is -6.38. The average molecular weight is 614 g/mol. The summed E-state index contributed by atoms with van der Waals surface area (Å²) in [6.45, 7) is 0. The number of benzene rings is 8. The van der Waals surface area contributed by atoms with Gasteiger partial charge in [0.05, 0.1) is 0 Å². The summed E-state index contributed by atoms with van der Waals surface area (Å²) in [6, 6.07) is 67.0. The molecule has 0 saturated heterocycles. The highest BCUT2D eigenvalue weighted by atomic mass is 16.3. The van der Waals surface area contributed by atoms with E-state index in [0.29, 0.717) is 0 Å². The summed E-state index contributed by atoms with van der Waals surface area (Å²) in [7, 11) is 0. The summed E-state index contributed by atoms with van der Waals surface area (Å²) in [5.41, 5.74) is 12.3. The minimum absolute atomic E-state index is 0.913. The maximum atomic E-state index is 6.25. The number of fused-ring (bicyclic) bond motifs is 5. The third kappa shape index (κ3) is 4.92. The van der Waals surface area contributed by atoms with Gasteiger partial charge in [0.15, 0.2) is 0 Å². The predicted octanol–water partition coefficient (Wildman–Crippen LogP) is 13.2. The monoisotopic (exact) mass is 613 g/mol. The molecule has 0 aliphatic heterocycles. The molecule has 0 aliphatic carbocycles. The van der Waals surface area contributed by atoms with Crippen molar-refractivity contribution in [2.75, 3.05) is 4.90 Å². The molecule has 0 N–H and O–H groups in total. The molecule has 0 bridgehead atoms. The molecule has 226 valence electrons. The van der Waals surface area contributed by atoms with Crippen LogP contribution in [0.4, 0.5) is 17.1 Å². The van der Waals surface area contributed by atoms with Crippen molar-refractivity contribution in [1.82, 2.24) is 0 Å². The van der Waals surface area contributed by atoms with E-state index in [1.165, 1.54) is 44.2 Å². The first kappa shape index (κ1) is 27.9. The molecule has 1 aromatic heterocycles. The first-order valence-corrected chi connectivity index (χ1v) is 16.3. The van der Waals surface area contributed by atoms with Crippen LogP contribution in [-0.2, 0) is 0 Å². The van der Waals surface area contributed by atoms with Crippen molar-refractivity contribution >= 4 is 49.8 Å². The number of furan rings is 1. The Morgan fingerprint density at radius 2 is 0.917 bits per heavy atom. The smallest absolute Gasteiger partial charge is 0.136 e. The van der Waals surface area contributed by atoms with Gasteiger partial charge in [0.1, 0.15) is 11.2 Å². The Bertz CT molecular complexity index is 2530. The molecule has 9 aromatic rings. The zero-order valence-corrected chi connectivity index (χ0v) is 26.3. The average Bonchev–Trinajstić information content (AvgIpc) is 3.56. The third-order valence-electron chi connectivity index (χ3n) is 9.26. The summed E-state index contributed by atoms with van der Waals surface area (Å²) < 4.78 is 6.25. The SMILES string of the molecule is c1ccc(-c2ccc(N(c3ccccc3)c3ccc(-c4ccc5ccc6oc7ccccc7c6c5c4)c(-c4ccccc4)c3)cc2)cc1. The second-order valence-corrected chi connectivity index (χ2v) is 12.2. The fourth-order valence-electron chi connectivity index (χ4n) is 6.95. The van der Waals surface area contributed by atoms with Crippen molar-refractivity contribution in [2.24, 2.45) is 0 Å². The number of rotatable bonds is 6. The van der Waals surface area contributed by atoms with E-state index in [-0.39, 0.29) is 0 Å². The minimum Gasteiger partial charge on any atom is -0.456 e. The maximum Gasteiger partial charge on any atom is 0.136 e. The van der Waals surface area contributed by atoms with Crippen LogP contribution in [-0.4, -0.2) is 0 Å². The maximum absolute atomic E-state index is 6.25. The minimum atomic E-state index is 0.913. The Morgan fingerprint density at radius 1 is 0.333 bits per heavy atom. The van der Waals surface area contributed by atoms with Gasteiger partial charge in [0, 0.05) is 27.8 Å². The van der Waals surface area contributed by atoms with Crippen LogP contribution in [0.15, 0.2) is 192 Å². The fourth-order valence-corrected chi connectivity index (χ4v) is 6.95. The van der Waals surface area contributed by atoms with Gasteiger partial charge in [0.2, 0.25) is 0 Å². The van der Waals surface area contributed by atoms with E-state index in [2.05, 4.69) is 181 Å². The van der Waals surface area contributed by atoms with Crippen LogP contribution < -0.4 is 4.90 Å². The predicted molar refractivity (Wildman–Crippen MR) is 202 cm³/mol. The Kier molecular flexibility index (Phi) is 6.84. The molecule has 0 atom stereocenters. The zero-order valence-electron chi connectivity index (χ0n) is 26.3. The van der Waals surface area contributed by atoms with E-state index in [0.717, 1.165) is 39.0 Å². The summed E-state index contributed by atoms with van der Waals surface area (Å²) in [5.74, 6) is 0. The van der Waals surface area contributed by atoms with Crippen molar-refractivity contribution in [1.29, 1.82) is 0 Å². The van der Waals surface area contributed by atoms with Crippen LogP contribution >= 0.6 is 0 Å². The van der Waals surface area contributed by atoms with E-state index >= 15 is 0 Å². The molecule has 8 aromatic carbocycles. The van der Waals surface area contributed by atoms with Gasteiger partial charge in [-0.1, -0.05) is 133 Å². The normalized spacial score (nSPS) is 11.3. The lowest BCUT2D eigenvalue weighted by atomic mass is 9.91. The van der Waals surface area contributed by atoms with E-state index in [9.17, 15) is 0 Å². The van der Waals surface area contributed by atoms with Gasteiger partial charge < -0.3 is 9.32 Å². The lowest BCUT2D eigenvalue weighted by Gasteiger charge is -2.27. The van der Waals surface area contributed by atoms with E-state index in [4.69, 9.17) is 4.42 Å². The number of anilines is 3. The molecule has 0 aliphatic rings. The Morgan fingerprint density at radius 3 is 1.69 bits per heavy atom. The van der Waals surface area contributed by atoms with Gasteiger partial charge in [-0.3, -0.25) is 0 Å². The van der Waals surface area contributed by atoms with Crippen LogP contribution in [0, 0.1) is 0 Å². The Balaban J connectivity index is 1.22. The molecule has 0 fully saturated rings. The number of hydrogen-bond donors (Lipinski definition) is 0. The van der Waals surface area contributed by atoms with Gasteiger partial charge in [-0.2, -0.15) is 0 Å². The molecule has 0 unspecified atom stereocenters. The molecular formula is C46H31NO. The molecule has 0 radical (unpaired) electrons. The lowest BCUT2D eigenvalue weighted by Crippen LogP contribution is -2.10. The van der Waals surface area contributed by atoms with E-state index < -0.39 is 0 Å². The van der Waals surface area contributed by atoms with Gasteiger partial charge in [-0.05, 0) is 98.8 Å². The van der Waals surface area contributed by atoms with Crippen LogP contribution in [0.2, 0.25) is 0 Å². The number of para-hydroxylation sites is 2. The van der Waals surface area contributed by atoms with Crippen LogP contribution in [0.1, 0.15) is 0 Å². The van der Waals surface area contributed by atoms with Gasteiger partial charge in [0.25, 0.3) is 0 Å². The van der Waals surface area contributed by atoms with E-state index in [1.807, 2.05) is 12.1 Å². The molecule has 1 heterocycles. The van der Waals surface area contributed by atoms with E-state index in [1.54, 1.807) is 0 Å². The van der Waals surface area contributed by atoms with Crippen LogP contribution in [0.25, 0.3) is 66.1 Å². The fraction of sp³-hybridized carbons (Fsp3) is 0. The highest BCUT2D eigenvalue weighted by molar-refractivity contribution is 6.19. The van der Waals surface area contributed by atoms with Gasteiger partial charge in [-0.15, -0.1) is 0 Å². The van der Waals surface area contributed by atoms with Crippen molar-refractivity contribution < 1.29 is 4.42 Å². The quantitative estimate of drug-likeness (QED) is 0.185. The summed E-state index contributed by atoms with van der Waals surface area (Å²) in [6.07, 6.45) is 0. The number of nitrogens with zero attached hydrogens (tertiary/aromatic N) is 1. The third-order valence-corrected chi connectivity index (χ3v) is 9.26. The zero-order chi connectivity index (χ0) is 31.9. The van der Waals surface area contributed by atoms with Crippen molar-refractivity contribution in [3.05, 3.63) is 188 Å². The molecule has 0 amide bonds. The molecule has 9 rings (SSSR count). The molecule has 2 nitrogen and oxygen atoms in total.